The summed E-state index contributed by atoms with van der Waals surface area (Å²) in [4.78, 5) is 0. The zero-order chi connectivity index (χ0) is 15.8. The molecule has 0 aromatic rings. The molecule has 0 spiro atoms. The lowest BCUT2D eigenvalue weighted by Gasteiger charge is -2.11. The van der Waals surface area contributed by atoms with Crippen LogP contribution in [0.15, 0.2) is 0 Å². The lowest BCUT2D eigenvalue weighted by molar-refractivity contribution is 0.0512. The molecular formula is C17H37ClO2Si. The third-order valence-electron chi connectivity index (χ3n) is 3.64. The summed E-state index contributed by atoms with van der Waals surface area (Å²) < 4.78 is 10.7. The molecule has 0 saturated carbocycles. The average Bonchev–Trinajstić information content (AvgIpc) is 2.42. The topological polar surface area (TPSA) is 18.5 Å². The molecule has 0 aromatic heterocycles. The molecule has 2 nitrogen and oxygen atoms in total. The molecule has 21 heavy (non-hydrogen) atoms. The second-order valence-electron chi connectivity index (χ2n) is 6.46. The third kappa shape index (κ3) is 20.4. The Morgan fingerprint density at radius 2 is 1.14 bits per heavy atom. The Balaban J connectivity index is 3.00. The number of rotatable bonds is 16. The Morgan fingerprint density at radius 3 is 1.67 bits per heavy atom. The highest BCUT2D eigenvalue weighted by Gasteiger charge is 2.15. The van der Waals surface area contributed by atoms with Crippen molar-refractivity contribution in [3.05, 3.63) is 0 Å². The lowest BCUT2D eigenvalue weighted by Crippen LogP contribution is -2.14. The van der Waals surface area contributed by atoms with Gasteiger partial charge < -0.3 is 9.47 Å². The van der Waals surface area contributed by atoms with Gasteiger partial charge in [-0.3, -0.25) is 0 Å². The molecule has 0 aromatic carbocycles. The minimum Gasteiger partial charge on any atom is -0.379 e. The minimum absolute atomic E-state index is 0.736. The molecule has 0 amide bonds. The lowest BCUT2D eigenvalue weighted by atomic mass is 10.1. The molecule has 0 radical (unpaired) electrons. The summed E-state index contributed by atoms with van der Waals surface area (Å²) >= 11 is 6.31. The van der Waals surface area contributed by atoms with E-state index in [9.17, 15) is 0 Å². The molecule has 128 valence electrons. The van der Waals surface area contributed by atoms with Gasteiger partial charge in [-0.2, -0.15) is 11.1 Å². The van der Waals surface area contributed by atoms with Crippen molar-refractivity contribution in [2.75, 3.05) is 26.4 Å². The van der Waals surface area contributed by atoms with Gasteiger partial charge in [0.1, 0.15) is 7.38 Å². The van der Waals surface area contributed by atoms with Crippen LogP contribution in [0, 0.1) is 0 Å². The van der Waals surface area contributed by atoms with Gasteiger partial charge in [-0.05, 0) is 19.4 Å². The zero-order valence-corrected chi connectivity index (χ0v) is 16.3. The maximum absolute atomic E-state index is 6.31. The molecular weight excluding hydrogens is 300 g/mol. The monoisotopic (exact) mass is 336 g/mol. The Hall–Kier alpha value is 0.427. The van der Waals surface area contributed by atoms with Crippen molar-refractivity contribution in [1.29, 1.82) is 0 Å². The largest absolute Gasteiger partial charge is 0.379 e. The van der Waals surface area contributed by atoms with Gasteiger partial charge in [-0.1, -0.05) is 64.5 Å². The summed E-state index contributed by atoms with van der Waals surface area (Å²) in [5.74, 6) is 0. The molecule has 0 rings (SSSR count). The molecule has 0 aliphatic carbocycles. The Bertz CT molecular complexity index is 207. The van der Waals surface area contributed by atoms with Crippen molar-refractivity contribution in [1.82, 2.24) is 0 Å². The van der Waals surface area contributed by atoms with Gasteiger partial charge in [0, 0.05) is 13.2 Å². The van der Waals surface area contributed by atoms with Crippen LogP contribution in [0.2, 0.25) is 19.1 Å². The van der Waals surface area contributed by atoms with E-state index in [1.165, 1.54) is 63.8 Å². The smallest absolute Gasteiger partial charge is 0.150 e. The van der Waals surface area contributed by atoms with Gasteiger partial charge in [-0.15, -0.1) is 0 Å². The van der Waals surface area contributed by atoms with E-state index in [-0.39, 0.29) is 0 Å². The van der Waals surface area contributed by atoms with E-state index in [4.69, 9.17) is 20.6 Å². The number of hydrogen-bond donors (Lipinski definition) is 0. The standard InChI is InChI=1S/C17H37ClO2Si/c1-4-19-15-16-20-14-12-10-8-6-5-7-9-11-13-17-21(2,3)18/h4-17H2,1-3H3. The zero-order valence-electron chi connectivity index (χ0n) is 14.6. The van der Waals surface area contributed by atoms with Crippen molar-refractivity contribution in [2.24, 2.45) is 0 Å². The predicted molar refractivity (Wildman–Crippen MR) is 97.0 cm³/mol. The third-order valence-corrected chi connectivity index (χ3v) is 5.75. The van der Waals surface area contributed by atoms with E-state index < -0.39 is 7.38 Å². The van der Waals surface area contributed by atoms with E-state index >= 15 is 0 Å². The quantitative estimate of drug-likeness (QED) is 0.196. The Morgan fingerprint density at radius 1 is 0.667 bits per heavy atom. The van der Waals surface area contributed by atoms with Crippen LogP contribution in [0.4, 0.5) is 0 Å². The fraction of sp³-hybridized carbons (Fsp3) is 1.00. The van der Waals surface area contributed by atoms with Crippen LogP contribution in [0.1, 0.15) is 64.7 Å². The summed E-state index contributed by atoms with van der Waals surface area (Å²) in [6, 6.07) is 1.28. The van der Waals surface area contributed by atoms with Crippen LogP contribution < -0.4 is 0 Å². The molecule has 0 unspecified atom stereocenters. The second kappa shape index (κ2) is 15.3. The molecule has 0 bridgehead atoms. The van der Waals surface area contributed by atoms with Gasteiger partial charge in [0.2, 0.25) is 0 Å². The molecule has 0 heterocycles. The van der Waals surface area contributed by atoms with Crippen LogP contribution in [0.3, 0.4) is 0 Å². The SMILES string of the molecule is CCOCCOCCCCCCCCCCC[Si](C)(C)Cl. The molecule has 0 aliphatic rings. The van der Waals surface area contributed by atoms with Gasteiger partial charge in [0.25, 0.3) is 0 Å². The number of unbranched alkanes of at least 4 members (excludes halogenated alkanes) is 8. The van der Waals surface area contributed by atoms with Crippen LogP contribution in [-0.2, 0) is 9.47 Å². The first-order chi connectivity index (χ1) is 10.1. The van der Waals surface area contributed by atoms with Gasteiger partial charge >= 0.3 is 0 Å². The molecule has 0 fully saturated rings. The first kappa shape index (κ1) is 21.4. The van der Waals surface area contributed by atoms with Crippen molar-refractivity contribution >= 4 is 18.5 Å². The van der Waals surface area contributed by atoms with Crippen LogP contribution >= 0.6 is 11.1 Å². The van der Waals surface area contributed by atoms with Crippen LogP contribution in [0.5, 0.6) is 0 Å². The molecule has 0 N–H and O–H groups in total. The van der Waals surface area contributed by atoms with Gasteiger partial charge in [-0.25, -0.2) is 0 Å². The first-order valence-electron chi connectivity index (χ1n) is 8.90. The minimum atomic E-state index is -1.31. The Labute approximate surface area is 138 Å². The normalized spacial score (nSPS) is 12.0. The van der Waals surface area contributed by atoms with Gasteiger partial charge in [0.15, 0.2) is 0 Å². The van der Waals surface area contributed by atoms with Crippen molar-refractivity contribution in [2.45, 2.75) is 83.8 Å². The highest BCUT2D eigenvalue weighted by atomic mass is 35.6. The predicted octanol–water partition coefficient (Wildman–Crippen LogP) is 5.99. The summed E-state index contributed by atoms with van der Waals surface area (Å²) in [6.07, 6.45) is 12.1. The number of hydrogen-bond acceptors (Lipinski definition) is 2. The molecule has 4 heteroatoms. The first-order valence-corrected chi connectivity index (χ1v) is 13.1. The van der Waals surface area contributed by atoms with E-state index in [0.717, 1.165) is 26.4 Å². The highest BCUT2D eigenvalue weighted by molar-refractivity contribution is 7.19. The maximum atomic E-state index is 6.31. The fourth-order valence-electron chi connectivity index (χ4n) is 2.35. The number of halogens is 1. The number of ether oxygens (including phenoxy) is 2. The Kier molecular flexibility index (Phi) is 15.6. The highest BCUT2D eigenvalue weighted by Crippen LogP contribution is 2.19. The van der Waals surface area contributed by atoms with Crippen molar-refractivity contribution in [3.63, 3.8) is 0 Å². The average molecular weight is 337 g/mol. The summed E-state index contributed by atoms with van der Waals surface area (Å²) in [5.41, 5.74) is 0. The summed E-state index contributed by atoms with van der Waals surface area (Å²) in [6.45, 7) is 9.67. The fourth-order valence-corrected chi connectivity index (χ4v) is 3.84. The van der Waals surface area contributed by atoms with E-state index in [2.05, 4.69) is 13.1 Å². The molecule has 0 atom stereocenters. The van der Waals surface area contributed by atoms with Gasteiger partial charge in [0.05, 0.1) is 13.2 Å². The van der Waals surface area contributed by atoms with Crippen LogP contribution in [-0.4, -0.2) is 33.8 Å². The maximum Gasteiger partial charge on any atom is 0.150 e. The summed E-state index contributed by atoms with van der Waals surface area (Å²) in [7, 11) is -1.31. The van der Waals surface area contributed by atoms with Crippen LogP contribution in [0.25, 0.3) is 0 Å². The second-order valence-corrected chi connectivity index (χ2v) is 13.5. The van der Waals surface area contributed by atoms with Crippen molar-refractivity contribution in [3.8, 4) is 0 Å². The molecule has 0 aliphatic heterocycles. The summed E-state index contributed by atoms with van der Waals surface area (Å²) in [5, 5.41) is 0. The van der Waals surface area contributed by atoms with E-state index in [0.29, 0.717) is 0 Å². The van der Waals surface area contributed by atoms with Crippen molar-refractivity contribution < 1.29 is 9.47 Å². The van der Waals surface area contributed by atoms with E-state index in [1.807, 2.05) is 6.92 Å². The molecule has 0 saturated heterocycles. The van der Waals surface area contributed by atoms with E-state index in [1.54, 1.807) is 0 Å².